The average molecular weight is 392 g/mol. The molecule has 0 atom stereocenters. The molecule has 0 saturated carbocycles. The van der Waals surface area contributed by atoms with Gasteiger partial charge < -0.3 is 9.47 Å². The van der Waals surface area contributed by atoms with Crippen LogP contribution >= 0.6 is 0 Å². The van der Waals surface area contributed by atoms with Crippen molar-refractivity contribution in [1.82, 2.24) is 4.72 Å². The predicted molar refractivity (Wildman–Crippen MR) is 108 cm³/mol. The Morgan fingerprint density at radius 2 is 1.70 bits per heavy atom. The lowest BCUT2D eigenvalue weighted by Gasteiger charge is -2.14. The van der Waals surface area contributed by atoms with E-state index >= 15 is 0 Å². The lowest BCUT2D eigenvalue weighted by Crippen LogP contribution is -2.26. The number of benzene rings is 2. The first-order chi connectivity index (χ1) is 12.7. The number of methoxy groups -OCH3 is 1. The second-order valence-corrected chi connectivity index (χ2v) is 8.61. The van der Waals surface area contributed by atoms with Crippen molar-refractivity contribution in [1.29, 1.82) is 0 Å². The predicted octanol–water partition coefficient (Wildman–Crippen LogP) is 4.01. The molecule has 0 amide bonds. The van der Waals surface area contributed by atoms with Gasteiger partial charge in [-0.2, -0.15) is 0 Å². The molecule has 148 valence electrons. The molecule has 0 aliphatic heterocycles. The Morgan fingerprint density at radius 1 is 1.04 bits per heavy atom. The Balaban J connectivity index is 1.97. The number of aryl methyl sites for hydroxylation is 3. The SMILES string of the molecule is COc1cc(C)c(S(=O)(=O)NCCCc2cccc(OC(C)C)c2)c(C)c1. The van der Waals surface area contributed by atoms with Crippen LogP contribution in [0.2, 0.25) is 0 Å². The maximum atomic E-state index is 12.7. The zero-order valence-corrected chi connectivity index (χ0v) is 17.5. The summed E-state index contributed by atoms with van der Waals surface area (Å²) < 4.78 is 39.0. The molecule has 0 aliphatic carbocycles. The Bertz CT molecular complexity index is 852. The second-order valence-electron chi connectivity index (χ2n) is 6.91. The number of ether oxygens (including phenoxy) is 2. The summed E-state index contributed by atoms with van der Waals surface area (Å²) >= 11 is 0. The summed E-state index contributed by atoms with van der Waals surface area (Å²) in [6, 6.07) is 11.4. The quantitative estimate of drug-likeness (QED) is 0.656. The highest BCUT2D eigenvalue weighted by Gasteiger charge is 2.20. The van der Waals surface area contributed by atoms with Gasteiger partial charge in [-0.25, -0.2) is 13.1 Å². The van der Waals surface area contributed by atoms with E-state index < -0.39 is 10.0 Å². The van der Waals surface area contributed by atoms with E-state index in [9.17, 15) is 8.42 Å². The zero-order valence-electron chi connectivity index (χ0n) is 16.7. The van der Waals surface area contributed by atoms with Gasteiger partial charge in [0.15, 0.2) is 0 Å². The molecule has 27 heavy (non-hydrogen) atoms. The van der Waals surface area contributed by atoms with Crippen molar-refractivity contribution in [2.45, 2.75) is 51.5 Å². The standard InChI is InChI=1S/C21H29NO4S/c1-15(2)26-19-10-6-8-18(14-19)9-7-11-22-27(23,24)21-16(3)12-20(25-5)13-17(21)4/h6,8,10,12-15,22H,7,9,11H2,1-5H3. The molecule has 0 radical (unpaired) electrons. The number of rotatable bonds is 9. The van der Waals surface area contributed by atoms with Crippen LogP contribution < -0.4 is 14.2 Å². The van der Waals surface area contributed by atoms with Gasteiger partial charge in [0.05, 0.1) is 18.1 Å². The fourth-order valence-corrected chi connectivity index (χ4v) is 4.59. The summed E-state index contributed by atoms with van der Waals surface area (Å²) in [6.07, 6.45) is 1.61. The summed E-state index contributed by atoms with van der Waals surface area (Å²) in [7, 11) is -1.98. The number of sulfonamides is 1. The third-order valence-corrected chi connectivity index (χ3v) is 5.91. The molecule has 2 aromatic rings. The van der Waals surface area contributed by atoms with Crippen molar-refractivity contribution in [2.24, 2.45) is 0 Å². The van der Waals surface area contributed by atoms with E-state index in [1.165, 1.54) is 0 Å². The second kappa shape index (κ2) is 9.24. The van der Waals surface area contributed by atoms with Crippen LogP contribution in [0.3, 0.4) is 0 Å². The Morgan fingerprint density at radius 3 is 2.30 bits per heavy atom. The first-order valence-corrected chi connectivity index (χ1v) is 10.6. The molecule has 5 nitrogen and oxygen atoms in total. The van der Waals surface area contributed by atoms with Crippen molar-refractivity contribution in [3.05, 3.63) is 53.1 Å². The molecule has 2 rings (SSSR count). The van der Waals surface area contributed by atoms with Gasteiger partial charge in [0, 0.05) is 6.54 Å². The van der Waals surface area contributed by atoms with Crippen molar-refractivity contribution in [3.63, 3.8) is 0 Å². The van der Waals surface area contributed by atoms with E-state index in [-0.39, 0.29) is 6.10 Å². The van der Waals surface area contributed by atoms with Gasteiger partial charge in [0.1, 0.15) is 11.5 Å². The van der Waals surface area contributed by atoms with Gasteiger partial charge in [-0.1, -0.05) is 12.1 Å². The average Bonchev–Trinajstić information content (AvgIpc) is 2.57. The molecule has 0 bridgehead atoms. The molecule has 0 unspecified atom stereocenters. The Hall–Kier alpha value is -2.05. The maximum absolute atomic E-state index is 12.7. The van der Waals surface area contributed by atoms with Crippen LogP contribution in [-0.2, 0) is 16.4 Å². The molecule has 0 aliphatic rings. The summed E-state index contributed by atoms with van der Waals surface area (Å²) in [4.78, 5) is 0.329. The molecular weight excluding hydrogens is 362 g/mol. The molecule has 1 N–H and O–H groups in total. The van der Waals surface area contributed by atoms with Gasteiger partial charge in [-0.3, -0.25) is 0 Å². The Kier molecular flexibility index (Phi) is 7.27. The lowest BCUT2D eigenvalue weighted by atomic mass is 10.1. The molecule has 2 aromatic carbocycles. The van der Waals surface area contributed by atoms with Crippen LogP contribution in [0.1, 0.15) is 37.0 Å². The molecule has 0 aromatic heterocycles. The molecule has 0 heterocycles. The van der Waals surface area contributed by atoms with E-state index in [0.29, 0.717) is 34.7 Å². The highest BCUT2D eigenvalue weighted by Crippen LogP contribution is 2.25. The minimum atomic E-state index is -3.56. The minimum absolute atomic E-state index is 0.128. The van der Waals surface area contributed by atoms with Crippen molar-refractivity contribution >= 4 is 10.0 Å². The van der Waals surface area contributed by atoms with Gasteiger partial charge in [-0.15, -0.1) is 0 Å². The van der Waals surface area contributed by atoms with Gasteiger partial charge in [0.2, 0.25) is 10.0 Å². The van der Waals surface area contributed by atoms with Crippen LogP contribution in [0.5, 0.6) is 11.5 Å². The smallest absolute Gasteiger partial charge is 0.241 e. The lowest BCUT2D eigenvalue weighted by molar-refractivity contribution is 0.242. The summed E-state index contributed by atoms with van der Waals surface area (Å²) in [5.41, 5.74) is 2.49. The van der Waals surface area contributed by atoms with Crippen LogP contribution in [0.15, 0.2) is 41.3 Å². The number of nitrogens with one attached hydrogen (secondary N) is 1. The topological polar surface area (TPSA) is 64.6 Å². The monoisotopic (exact) mass is 391 g/mol. The van der Waals surface area contributed by atoms with E-state index in [4.69, 9.17) is 9.47 Å². The summed E-state index contributed by atoms with van der Waals surface area (Å²) in [5.74, 6) is 1.50. The zero-order chi connectivity index (χ0) is 20.0. The van der Waals surface area contributed by atoms with Crippen LogP contribution in [0.25, 0.3) is 0 Å². The largest absolute Gasteiger partial charge is 0.497 e. The Labute approximate surface area is 162 Å². The third-order valence-electron chi connectivity index (χ3n) is 4.14. The highest BCUT2D eigenvalue weighted by atomic mass is 32.2. The molecule has 0 saturated heterocycles. The van der Waals surface area contributed by atoms with E-state index in [1.54, 1.807) is 33.1 Å². The third kappa shape index (κ3) is 5.97. The van der Waals surface area contributed by atoms with E-state index in [2.05, 4.69) is 4.72 Å². The van der Waals surface area contributed by atoms with Crippen molar-refractivity contribution < 1.29 is 17.9 Å². The minimum Gasteiger partial charge on any atom is -0.497 e. The molecule has 0 spiro atoms. The van der Waals surface area contributed by atoms with Crippen LogP contribution in [0, 0.1) is 13.8 Å². The molecular formula is C21H29NO4S. The van der Waals surface area contributed by atoms with Gasteiger partial charge in [-0.05, 0) is 81.5 Å². The highest BCUT2D eigenvalue weighted by molar-refractivity contribution is 7.89. The molecule has 0 fully saturated rings. The van der Waals surface area contributed by atoms with Crippen LogP contribution in [-0.4, -0.2) is 28.2 Å². The maximum Gasteiger partial charge on any atom is 0.241 e. The van der Waals surface area contributed by atoms with Gasteiger partial charge >= 0.3 is 0 Å². The summed E-state index contributed by atoms with van der Waals surface area (Å²) in [6.45, 7) is 7.92. The first-order valence-electron chi connectivity index (χ1n) is 9.13. The van der Waals surface area contributed by atoms with Gasteiger partial charge in [0.25, 0.3) is 0 Å². The van der Waals surface area contributed by atoms with Crippen molar-refractivity contribution in [2.75, 3.05) is 13.7 Å². The first kappa shape index (κ1) is 21.3. The van der Waals surface area contributed by atoms with Crippen LogP contribution in [0.4, 0.5) is 0 Å². The van der Waals surface area contributed by atoms with Crippen molar-refractivity contribution in [3.8, 4) is 11.5 Å². The normalized spacial score (nSPS) is 11.6. The van der Waals surface area contributed by atoms with E-state index in [0.717, 1.165) is 17.7 Å². The fraction of sp³-hybridized carbons (Fsp3) is 0.429. The summed E-state index contributed by atoms with van der Waals surface area (Å²) in [5, 5.41) is 0. The number of hydrogen-bond acceptors (Lipinski definition) is 4. The molecule has 6 heteroatoms. The number of hydrogen-bond donors (Lipinski definition) is 1. The van der Waals surface area contributed by atoms with E-state index in [1.807, 2.05) is 38.1 Å². The fourth-order valence-electron chi connectivity index (χ4n) is 3.07.